The van der Waals surface area contributed by atoms with E-state index in [0.717, 1.165) is 0 Å². The first-order valence-electron chi connectivity index (χ1n) is 6.32. The van der Waals surface area contributed by atoms with Crippen LogP contribution in [0.1, 0.15) is 27.8 Å². The van der Waals surface area contributed by atoms with Crippen LogP contribution in [0.15, 0.2) is 36.4 Å². The quantitative estimate of drug-likeness (QED) is 0.772. The van der Waals surface area contributed by atoms with Crippen molar-refractivity contribution in [2.24, 2.45) is 0 Å². The lowest BCUT2D eigenvalue weighted by Gasteiger charge is -2.06. The summed E-state index contributed by atoms with van der Waals surface area (Å²) in [5.74, 6) is -0.791. The van der Waals surface area contributed by atoms with E-state index in [9.17, 15) is 9.59 Å². The summed E-state index contributed by atoms with van der Waals surface area (Å²) in [6, 6.07) is 9.42. The topological polar surface area (TPSA) is 104 Å². The molecule has 1 aromatic heterocycles. The second kappa shape index (κ2) is 6.47. The lowest BCUT2D eigenvalue weighted by Crippen LogP contribution is -2.24. The predicted octanol–water partition coefficient (Wildman–Crippen LogP) is 1.67. The van der Waals surface area contributed by atoms with Crippen LogP contribution in [0.4, 0.5) is 11.5 Å². The smallest absolute Gasteiger partial charge is 0.335 e. The predicted molar refractivity (Wildman–Crippen MR) is 76.7 cm³/mol. The molecule has 0 aliphatic rings. The van der Waals surface area contributed by atoms with Crippen LogP contribution in [-0.2, 0) is 0 Å². The molecule has 0 aliphatic carbocycles. The molecule has 1 heterocycles. The first kappa shape index (κ1) is 14.4. The van der Waals surface area contributed by atoms with Gasteiger partial charge in [0, 0.05) is 12.2 Å². The Morgan fingerprint density at radius 2 is 1.81 bits per heavy atom. The number of aromatic nitrogens is 2. The largest absolute Gasteiger partial charge is 0.478 e. The van der Waals surface area contributed by atoms with Gasteiger partial charge in [-0.05, 0) is 43.3 Å². The molecule has 2 rings (SSSR count). The second-order valence-corrected chi connectivity index (χ2v) is 4.17. The number of aromatic carboxylic acids is 1. The summed E-state index contributed by atoms with van der Waals surface area (Å²) >= 11 is 0. The van der Waals surface area contributed by atoms with Crippen LogP contribution in [-0.4, -0.2) is 33.7 Å². The number of rotatable bonds is 5. The van der Waals surface area contributed by atoms with Crippen molar-refractivity contribution in [3.8, 4) is 0 Å². The highest BCUT2D eigenvalue weighted by molar-refractivity contribution is 5.92. The van der Waals surface area contributed by atoms with Crippen molar-refractivity contribution < 1.29 is 14.7 Å². The molecule has 0 spiro atoms. The molecule has 3 N–H and O–H groups in total. The maximum atomic E-state index is 11.5. The summed E-state index contributed by atoms with van der Waals surface area (Å²) in [6.07, 6.45) is 0. The van der Waals surface area contributed by atoms with Crippen LogP contribution in [0.25, 0.3) is 0 Å². The van der Waals surface area contributed by atoms with Crippen molar-refractivity contribution in [2.75, 3.05) is 11.9 Å². The minimum Gasteiger partial charge on any atom is -0.478 e. The van der Waals surface area contributed by atoms with Crippen LogP contribution >= 0.6 is 0 Å². The molecule has 0 bridgehead atoms. The Morgan fingerprint density at radius 3 is 2.33 bits per heavy atom. The number of carboxylic acid groups (broad SMARTS) is 1. The number of nitrogens with zero attached hydrogens (tertiary/aromatic N) is 2. The highest BCUT2D eigenvalue weighted by Gasteiger charge is 2.07. The number of hydrogen-bond donors (Lipinski definition) is 3. The van der Waals surface area contributed by atoms with Gasteiger partial charge in [-0.25, -0.2) is 4.79 Å². The fraction of sp³-hybridized carbons (Fsp3) is 0.143. The van der Waals surface area contributed by atoms with Gasteiger partial charge in [0.2, 0.25) is 0 Å². The molecule has 7 nitrogen and oxygen atoms in total. The molecule has 0 saturated heterocycles. The molecular weight excluding hydrogens is 272 g/mol. The summed E-state index contributed by atoms with van der Waals surface area (Å²) < 4.78 is 0. The zero-order valence-corrected chi connectivity index (χ0v) is 11.3. The normalized spacial score (nSPS) is 9.95. The molecule has 0 atom stereocenters. The van der Waals surface area contributed by atoms with Crippen molar-refractivity contribution in [1.82, 2.24) is 15.5 Å². The number of amides is 1. The Kier molecular flexibility index (Phi) is 4.45. The standard InChI is InChI=1S/C14H14N4O3/c1-2-15-13(19)11-7-8-12(18-17-11)16-10-5-3-9(4-6-10)14(20)21/h3-8H,2H2,1H3,(H,15,19)(H,16,18)(H,20,21). The van der Waals surface area contributed by atoms with Crippen LogP contribution in [0.2, 0.25) is 0 Å². The Bertz CT molecular complexity index is 638. The number of nitrogens with one attached hydrogen (secondary N) is 2. The average molecular weight is 286 g/mol. The molecular formula is C14H14N4O3. The molecule has 1 amide bonds. The number of anilines is 2. The van der Waals surface area contributed by atoms with E-state index in [-0.39, 0.29) is 17.2 Å². The van der Waals surface area contributed by atoms with E-state index in [1.165, 1.54) is 12.1 Å². The van der Waals surface area contributed by atoms with Gasteiger partial charge < -0.3 is 15.7 Å². The summed E-state index contributed by atoms with van der Waals surface area (Å²) in [4.78, 5) is 22.3. The van der Waals surface area contributed by atoms with Gasteiger partial charge in [-0.3, -0.25) is 4.79 Å². The molecule has 0 unspecified atom stereocenters. The van der Waals surface area contributed by atoms with Gasteiger partial charge in [0.1, 0.15) is 0 Å². The third kappa shape index (κ3) is 3.75. The Balaban J connectivity index is 2.06. The lowest BCUT2D eigenvalue weighted by molar-refractivity contribution is 0.0696. The Labute approximate surface area is 121 Å². The third-order valence-corrected chi connectivity index (χ3v) is 2.64. The number of carbonyl (C=O) groups excluding carboxylic acids is 1. The van der Waals surface area contributed by atoms with Crippen LogP contribution < -0.4 is 10.6 Å². The van der Waals surface area contributed by atoms with Crippen molar-refractivity contribution in [3.05, 3.63) is 47.7 Å². The lowest BCUT2D eigenvalue weighted by atomic mass is 10.2. The number of hydrogen-bond acceptors (Lipinski definition) is 5. The van der Waals surface area contributed by atoms with Crippen molar-refractivity contribution in [1.29, 1.82) is 0 Å². The average Bonchev–Trinajstić information content (AvgIpc) is 2.49. The van der Waals surface area contributed by atoms with E-state index in [1.54, 1.807) is 24.3 Å². The van der Waals surface area contributed by atoms with Gasteiger partial charge in [0.05, 0.1) is 5.56 Å². The van der Waals surface area contributed by atoms with Gasteiger partial charge in [-0.1, -0.05) is 0 Å². The van der Waals surface area contributed by atoms with E-state index < -0.39 is 5.97 Å². The summed E-state index contributed by atoms with van der Waals surface area (Å²) in [7, 11) is 0. The van der Waals surface area contributed by atoms with Crippen molar-refractivity contribution in [3.63, 3.8) is 0 Å². The van der Waals surface area contributed by atoms with Gasteiger partial charge in [-0.15, -0.1) is 10.2 Å². The zero-order valence-electron chi connectivity index (χ0n) is 11.3. The van der Waals surface area contributed by atoms with Crippen LogP contribution in [0, 0.1) is 0 Å². The molecule has 0 saturated carbocycles. The number of carboxylic acids is 1. The van der Waals surface area contributed by atoms with E-state index >= 15 is 0 Å². The number of carbonyl (C=O) groups is 2. The fourth-order valence-corrected chi connectivity index (χ4v) is 1.62. The van der Waals surface area contributed by atoms with E-state index in [0.29, 0.717) is 18.1 Å². The van der Waals surface area contributed by atoms with Crippen LogP contribution in [0.5, 0.6) is 0 Å². The zero-order chi connectivity index (χ0) is 15.2. The minimum absolute atomic E-state index is 0.207. The first-order valence-corrected chi connectivity index (χ1v) is 6.32. The molecule has 0 radical (unpaired) electrons. The fourth-order valence-electron chi connectivity index (χ4n) is 1.62. The minimum atomic E-state index is -0.979. The molecule has 0 fully saturated rings. The van der Waals surface area contributed by atoms with E-state index in [1.807, 2.05) is 6.92 Å². The molecule has 2 aromatic rings. The Hall–Kier alpha value is -2.96. The maximum absolute atomic E-state index is 11.5. The molecule has 21 heavy (non-hydrogen) atoms. The summed E-state index contributed by atoms with van der Waals surface area (Å²) in [5, 5.41) is 22.1. The second-order valence-electron chi connectivity index (χ2n) is 4.17. The van der Waals surface area contributed by atoms with Crippen LogP contribution in [0.3, 0.4) is 0 Å². The SMILES string of the molecule is CCNC(=O)c1ccc(Nc2ccc(C(=O)O)cc2)nn1. The summed E-state index contributed by atoms with van der Waals surface area (Å²) in [6.45, 7) is 2.35. The number of benzene rings is 1. The highest BCUT2D eigenvalue weighted by Crippen LogP contribution is 2.14. The molecule has 0 aliphatic heterocycles. The maximum Gasteiger partial charge on any atom is 0.335 e. The van der Waals surface area contributed by atoms with E-state index in [2.05, 4.69) is 20.8 Å². The highest BCUT2D eigenvalue weighted by atomic mass is 16.4. The summed E-state index contributed by atoms with van der Waals surface area (Å²) in [5.41, 5.74) is 1.13. The van der Waals surface area contributed by atoms with Crippen molar-refractivity contribution >= 4 is 23.4 Å². The molecule has 1 aromatic carbocycles. The third-order valence-electron chi connectivity index (χ3n) is 2.64. The van der Waals surface area contributed by atoms with Gasteiger partial charge in [0.25, 0.3) is 5.91 Å². The van der Waals surface area contributed by atoms with Crippen molar-refractivity contribution in [2.45, 2.75) is 6.92 Å². The molecule has 7 heteroatoms. The van der Waals surface area contributed by atoms with Gasteiger partial charge >= 0.3 is 5.97 Å². The Morgan fingerprint density at radius 1 is 1.10 bits per heavy atom. The van der Waals surface area contributed by atoms with Gasteiger partial charge in [0.15, 0.2) is 11.5 Å². The molecule has 108 valence electrons. The van der Waals surface area contributed by atoms with E-state index in [4.69, 9.17) is 5.11 Å². The van der Waals surface area contributed by atoms with Gasteiger partial charge in [-0.2, -0.15) is 0 Å². The first-order chi connectivity index (χ1) is 10.1. The monoisotopic (exact) mass is 286 g/mol.